The molecule has 0 radical (unpaired) electrons. The minimum Gasteiger partial charge on any atom is -0.330 e. The second-order valence-electron chi connectivity index (χ2n) is 4.55. The zero-order valence-corrected chi connectivity index (χ0v) is 9.41. The number of hydrogen-bond acceptors (Lipinski definition) is 2. The largest absolute Gasteiger partial charge is 0.330 e. The molecule has 0 aliphatic heterocycles. The number of rotatable bonds is 5. The highest BCUT2D eigenvalue weighted by atomic mass is 15.1. The highest BCUT2D eigenvalue weighted by Gasteiger charge is 2.24. The number of hydrogen-bond donors (Lipinski definition) is 1. The third kappa shape index (κ3) is 3.43. The summed E-state index contributed by atoms with van der Waals surface area (Å²) in [7, 11) is 2.17. The van der Waals surface area contributed by atoms with Crippen LogP contribution in [-0.4, -0.2) is 31.6 Å². The molecule has 2 N–H and O–H groups in total. The predicted molar refractivity (Wildman–Crippen MR) is 62.2 cm³/mol. The molecular weight excluding hydrogens is 172 g/mol. The molecule has 14 heavy (non-hydrogen) atoms. The first-order valence-electron chi connectivity index (χ1n) is 5.77. The Hall–Kier alpha value is -0.340. The van der Waals surface area contributed by atoms with Gasteiger partial charge in [-0.2, -0.15) is 0 Å². The van der Waals surface area contributed by atoms with E-state index in [2.05, 4.69) is 18.5 Å². The maximum Gasteiger partial charge on any atom is 0.0157 e. The number of likely N-dealkylation sites (N-methyl/N-ethyl adjacent to an activating group) is 1. The fourth-order valence-electron chi connectivity index (χ4n) is 2.53. The van der Waals surface area contributed by atoms with E-state index in [0.717, 1.165) is 24.9 Å². The highest BCUT2D eigenvalue weighted by molar-refractivity contribution is 4.80. The average Bonchev–Trinajstić information content (AvgIpc) is 2.19. The molecule has 0 spiro atoms. The van der Waals surface area contributed by atoms with Crippen molar-refractivity contribution in [2.75, 3.05) is 26.7 Å². The van der Waals surface area contributed by atoms with Gasteiger partial charge < -0.3 is 10.6 Å². The topological polar surface area (TPSA) is 29.3 Å². The van der Waals surface area contributed by atoms with Crippen LogP contribution in [0.1, 0.15) is 25.7 Å². The maximum absolute atomic E-state index is 5.80. The lowest BCUT2D eigenvalue weighted by molar-refractivity contribution is 0.182. The third-order valence-corrected chi connectivity index (χ3v) is 3.36. The molecule has 0 aromatic carbocycles. The first kappa shape index (κ1) is 11.7. The van der Waals surface area contributed by atoms with Gasteiger partial charge >= 0.3 is 0 Å². The molecule has 1 rings (SSSR count). The van der Waals surface area contributed by atoms with Crippen LogP contribution >= 0.6 is 0 Å². The van der Waals surface area contributed by atoms with Crippen LogP contribution in [0.4, 0.5) is 0 Å². The zero-order chi connectivity index (χ0) is 10.4. The normalized spacial score (nSPS) is 27.9. The van der Waals surface area contributed by atoms with E-state index in [-0.39, 0.29) is 0 Å². The Bertz CT molecular complexity index is 168. The van der Waals surface area contributed by atoms with E-state index >= 15 is 0 Å². The van der Waals surface area contributed by atoms with Crippen LogP contribution in [0.2, 0.25) is 0 Å². The van der Waals surface area contributed by atoms with Crippen molar-refractivity contribution in [1.29, 1.82) is 0 Å². The van der Waals surface area contributed by atoms with Crippen molar-refractivity contribution in [3.05, 3.63) is 12.7 Å². The monoisotopic (exact) mass is 196 g/mol. The van der Waals surface area contributed by atoms with Crippen LogP contribution in [0.15, 0.2) is 12.7 Å². The average molecular weight is 196 g/mol. The van der Waals surface area contributed by atoms with E-state index in [9.17, 15) is 0 Å². The second kappa shape index (κ2) is 6.20. The molecule has 1 saturated carbocycles. The minimum absolute atomic E-state index is 0.760. The van der Waals surface area contributed by atoms with Gasteiger partial charge in [0.1, 0.15) is 0 Å². The number of nitrogens with zero attached hydrogens (tertiary/aromatic N) is 1. The lowest BCUT2D eigenvalue weighted by atomic mass is 9.79. The van der Waals surface area contributed by atoms with Gasteiger partial charge in [0.15, 0.2) is 0 Å². The van der Waals surface area contributed by atoms with Gasteiger partial charge in [0.2, 0.25) is 0 Å². The second-order valence-corrected chi connectivity index (χ2v) is 4.55. The summed E-state index contributed by atoms with van der Waals surface area (Å²) in [6.07, 6.45) is 7.44. The SMILES string of the molecule is C=CCN(C)CC1CCCCC1CN. The molecule has 1 fully saturated rings. The molecule has 2 unspecified atom stereocenters. The Morgan fingerprint density at radius 2 is 2.00 bits per heavy atom. The molecule has 0 heterocycles. The van der Waals surface area contributed by atoms with Gasteiger partial charge in [0.05, 0.1) is 0 Å². The van der Waals surface area contributed by atoms with Crippen LogP contribution in [0, 0.1) is 11.8 Å². The van der Waals surface area contributed by atoms with Crippen LogP contribution in [0.25, 0.3) is 0 Å². The summed E-state index contributed by atoms with van der Waals surface area (Å²) in [5.41, 5.74) is 5.80. The van der Waals surface area contributed by atoms with E-state index in [4.69, 9.17) is 5.73 Å². The van der Waals surface area contributed by atoms with Gasteiger partial charge in [-0.05, 0) is 38.3 Å². The first-order valence-corrected chi connectivity index (χ1v) is 5.77. The van der Waals surface area contributed by atoms with Gasteiger partial charge in [-0.25, -0.2) is 0 Å². The zero-order valence-electron chi connectivity index (χ0n) is 9.41. The number of nitrogens with two attached hydrogens (primary N) is 1. The summed E-state index contributed by atoms with van der Waals surface area (Å²) < 4.78 is 0. The Morgan fingerprint density at radius 1 is 1.36 bits per heavy atom. The lowest BCUT2D eigenvalue weighted by Crippen LogP contribution is -2.35. The van der Waals surface area contributed by atoms with Crippen LogP contribution < -0.4 is 5.73 Å². The fraction of sp³-hybridized carbons (Fsp3) is 0.833. The molecular formula is C12H24N2. The first-order chi connectivity index (χ1) is 6.77. The predicted octanol–water partition coefficient (Wildman–Crippen LogP) is 1.87. The van der Waals surface area contributed by atoms with E-state index in [0.29, 0.717) is 0 Å². The third-order valence-electron chi connectivity index (χ3n) is 3.36. The van der Waals surface area contributed by atoms with Crippen LogP contribution in [-0.2, 0) is 0 Å². The van der Waals surface area contributed by atoms with Crippen molar-refractivity contribution in [2.45, 2.75) is 25.7 Å². The van der Waals surface area contributed by atoms with E-state index in [1.807, 2.05) is 6.08 Å². The maximum atomic E-state index is 5.80. The fourth-order valence-corrected chi connectivity index (χ4v) is 2.53. The van der Waals surface area contributed by atoms with Gasteiger partial charge in [-0.3, -0.25) is 0 Å². The van der Waals surface area contributed by atoms with E-state index < -0.39 is 0 Å². The van der Waals surface area contributed by atoms with Gasteiger partial charge in [0.25, 0.3) is 0 Å². The van der Waals surface area contributed by atoms with E-state index in [1.54, 1.807) is 0 Å². The molecule has 82 valence electrons. The Kier molecular flexibility index (Phi) is 5.20. The van der Waals surface area contributed by atoms with Gasteiger partial charge in [-0.15, -0.1) is 6.58 Å². The molecule has 0 saturated heterocycles. The summed E-state index contributed by atoms with van der Waals surface area (Å²) in [5, 5.41) is 0. The van der Waals surface area contributed by atoms with Crippen molar-refractivity contribution in [3.63, 3.8) is 0 Å². The van der Waals surface area contributed by atoms with Crippen LogP contribution in [0.3, 0.4) is 0 Å². The standard InChI is InChI=1S/C12H24N2/c1-3-8-14(2)10-12-7-5-4-6-11(12)9-13/h3,11-12H,1,4-10,13H2,2H3. The summed E-state index contributed by atoms with van der Waals surface area (Å²) >= 11 is 0. The molecule has 0 bridgehead atoms. The van der Waals surface area contributed by atoms with Crippen molar-refractivity contribution in [1.82, 2.24) is 4.90 Å². The van der Waals surface area contributed by atoms with Crippen molar-refractivity contribution in [3.8, 4) is 0 Å². The summed E-state index contributed by atoms with van der Waals surface area (Å²) in [4.78, 5) is 2.35. The Balaban J connectivity index is 2.35. The van der Waals surface area contributed by atoms with Crippen LogP contribution in [0.5, 0.6) is 0 Å². The summed E-state index contributed by atoms with van der Waals surface area (Å²) in [6, 6.07) is 0. The van der Waals surface area contributed by atoms with Gasteiger partial charge in [0, 0.05) is 13.1 Å². The Labute approximate surface area is 88.2 Å². The van der Waals surface area contributed by atoms with Crippen molar-refractivity contribution < 1.29 is 0 Å². The molecule has 0 amide bonds. The minimum atomic E-state index is 0.760. The van der Waals surface area contributed by atoms with E-state index in [1.165, 1.54) is 32.2 Å². The quantitative estimate of drug-likeness (QED) is 0.680. The van der Waals surface area contributed by atoms with Crippen molar-refractivity contribution in [2.24, 2.45) is 17.6 Å². The van der Waals surface area contributed by atoms with Gasteiger partial charge in [-0.1, -0.05) is 18.9 Å². The molecule has 1 aliphatic carbocycles. The molecule has 0 aromatic rings. The Morgan fingerprint density at radius 3 is 2.57 bits per heavy atom. The lowest BCUT2D eigenvalue weighted by Gasteiger charge is -2.33. The highest BCUT2D eigenvalue weighted by Crippen LogP contribution is 2.29. The molecule has 2 nitrogen and oxygen atoms in total. The van der Waals surface area contributed by atoms with Crippen molar-refractivity contribution >= 4 is 0 Å². The summed E-state index contributed by atoms with van der Waals surface area (Å²) in [6.45, 7) is 6.82. The smallest absolute Gasteiger partial charge is 0.0157 e. The summed E-state index contributed by atoms with van der Waals surface area (Å²) in [5.74, 6) is 1.58. The molecule has 2 atom stereocenters. The molecule has 0 aromatic heterocycles. The molecule has 1 aliphatic rings. The molecule has 2 heteroatoms.